The third-order valence-electron chi connectivity index (χ3n) is 2.98. The van der Waals surface area contributed by atoms with E-state index in [1.807, 2.05) is 0 Å². The van der Waals surface area contributed by atoms with Crippen LogP contribution in [0.25, 0.3) is 0 Å². The summed E-state index contributed by atoms with van der Waals surface area (Å²) in [5.74, 6) is -1.74. The van der Waals surface area contributed by atoms with Crippen LogP contribution in [0.4, 0.5) is 0 Å². The SMILES string of the molecule is CC(=O)OC[C@H]1O[C@H](Br)[C@H](C)[C@@H](OC(C)=O)[C@@H]1OC(C)=O. The molecule has 21 heavy (non-hydrogen) atoms. The lowest BCUT2D eigenvalue weighted by Gasteiger charge is -2.42. The molecule has 0 aromatic heterocycles. The highest BCUT2D eigenvalue weighted by Crippen LogP contribution is 2.33. The Balaban J connectivity index is 2.94. The third kappa shape index (κ3) is 5.28. The zero-order chi connectivity index (χ0) is 16.2. The summed E-state index contributed by atoms with van der Waals surface area (Å²) < 4.78 is 21.0. The van der Waals surface area contributed by atoms with Crippen molar-refractivity contribution < 1.29 is 33.3 Å². The van der Waals surface area contributed by atoms with Gasteiger partial charge in [-0.15, -0.1) is 0 Å². The smallest absolute Gasteiger partial charge is 0.303 e. The monoisotopic (exact) mass is 366 g/mol. The molecule has 7 nitrogen and oxygen atoms in total. The van der Waals surface area contributed by atoms with Crippen molar-refractivity contribution in [1.29, 1.82) is 0 Å². The summed E-state index contributed by atoms with van der Waals surface area (Å²) in [4.78, 5) is 33.5. The Hall–Kier alpha value is -1.15. The van der Waals surface area contributed by atoms with E-state index in [1.54, 1.807) is 6.92 Å². The lowest BCUT2D eigenvalue weighted by molar-refractivity contribution is -0.216. The molecule has 0 saturated carbocycles. The molecule has 0 aliphatic carbocycles. The third-order valence-corrected chi connectivity index (χ3v) is 4.03. The Morgan fingerprint density at radius 1 is 1.00 bits per heavy atom. The molecule has 5 atom stereocenters. The quantitative estimate of drug-likeness (QED) is 0.419. The van der Waals surface area contributed by atoms with Gasteiger partial charge in [0.25, 0.3) is 0 Å². The fraction of sp³-hybridized carbons (Fsp3) is 0.769. The highest BCUT2D eigenvalue weighted by atomic mass is 79.9. The second-order valence-electron chi connectivity index (χ2n) is 4.84. The van der Waals surface area contributed by atoms with Crippen molar-refractivity contribution in [2.45, 2.75) is 51.0 Å². The van der Waals surface area contributed by atoms with Crippen LogP contribution < -0.4 is 0 Å². The van der Waals surface area contributed by atoms with Crippen molar-refractivity contribution in [2.75, 3.05) is 6.61 Å². The predicted octanol–water partition coefficient (Wildman–Crippen LogP) is 1.17. The number of alkyl halides is 1. The van der Waals surface area contributed by atoms with Crippen molar-refractivity contribution >= 4 is 33.8 Å². The van der Waals surface area contributed by atoms with Crippen molar-refractivity contribution in [2.24, 2.45) is 5.92 Å². The minimum atomic E-state index is -0.838. The van der Waals surface area contributed by atoms with Gasteiger partial charge in [0, 0.05) is 26.7 Å². The van der Waals surface area contributed by atoms with Crippen molar-refractivity contribution in [3.63, 3.8) is 0 Å². The maximum atomic E-state index is 11.3. The zero-order valence-electron chi connectivity index (χ0n) is 12.3. The summed E-state index contributed by atoms with van der Waals surface area (Å²) in [6.45, 7) is 5.49. The van der Waals surface area contributed by atoms with Crippen LogP contribution in [0.5, 0.6) is 0 Å². The van der Waals surface area contributed by atoms with E-state index in [-0.39, 0.29) is 12.5 Å². The fourth-order valence-corrected chi connectivity index (χ4v) is 2.64. The Morgan fingerprint density at radius 2 is 1.52 bits per heavy atom. The van der Waals surface area contributed by atoms with E-state index in [9.17, 15) is 14.4 Å². The van der Waals surface area contributed by atoms with Gasteiger partial charge in [-0.1, -0.05) is 22.9 Å². The summed E-state index contributed by atoms with van der Waals surface area (Å²) in [6.07, 6.45) is -2.25. The first-order valence-corrected chi connectivity index (χ1v) is 7.41. The largest absolute Gasteiger partial charge is 0.463 e. The van der Waals surface area contributed by atoms with E-state index in [0.29, 0.717) is 0 Å². The van der Waals surface area contributed by atoms with Gasteiger partial charge in [-0.2, -0.15) is 0 Å². The van der Waals surface area contributed by atoms with Crippen LogP contribution >= 0.6 is 15.9 Å². The van der Waals surface area contributed by atoms with Crippen molar-refractivity contribution in [3.05, 3.63) is 0 Å². The van der Waals surface area contributed by atoms with Crippen LogP contribution in [-0.2, 0) is 33.3 Å². The molecule has 0 bridgehead atoms. The van der Waals surface area contributed by atoms with Gasteiger partial charge in [0.15, 0.2) is 6.10 Å². The van der Waals surface area contributed by atoms with Gasteiger partial charge in [0.1, 0.15) is 23.8 Å². The van der Waals surface area contributed by atoms with Gasteiger partial charge < -0.3 is 18.9 Å². The summed E-state index contributed by atoms with van der Waals surface area (Å²) in [5, 5.41) is -0.422. The van der Waals surface area contributed by atoms with Crippen LogP contribution in [0, 0.1) is 5.92 Å². The maximum Gasteiger partial charge on any atom is 0.303 e. The highest BCUT2D eigenvalue weighted by molar-refractivity contribution is 9.09. The minimum Gasteiger partial charge on any atom is -0.463 e. The van der Waals surface area contributed by atoms with Crippen LogP contribution in [0.1, 0.15) is 27.7 Å². The van der Waals surface area contributed by atoms with Gasteiger partial charge in [0.2, 0.25) is 0 Å². The van der Waals surface area contributed by atoms with Crippen LogP contribution in [0.15, 0.2) is 0 Å². The number of hydrogen-bond donors (Lipinski definition) is 0. The number of carbonyl (C=O) groups excluding carboxylic acids is 3. The van der Waals surface area contributed by atoms with Gasteiger partial charge in [-0.3, -0.25) is 14.4 Å². The Bertz CT molecular complexity index is 411. The summed E-state index contributed by atoms with van der Waals surface area (Å²) in [7, 11) is 0. The molecule has 8 heteroatoms. The first-order valence-electron chi connectivity index (χ1n) is 6.49. The average Bonchev–Trinajstić information content (AvgIpc) is 2.35. The van der Waals surface area contributed by atoms with E-state index < -0.39 is 41.2 Å². The van der Waals surface area contributed by atoms with Crippen molar-refractivity contribution in [1.82, 2.24) is 0 Å². The van der Waals surface area contributed by atoms with Crippen LogP contribution in [0.3, 0.4) is 0 Å². The number of hydrogen-bond acceptors (Lipinski definition) is 7. The standard InChI is InChI=1S/C13H19BrO7/c1-6-11(19-8(3)16)12(20-9(4)17)10(21-13(6)14)5-18-7(2)15/h6,10-13H,5H2,1-4H3/t6-,10-,11-,12-,13+/m1/s1. The van der Waals surface area contributed by atoms with E-state index in [0.717, 1.165) is 0 Å². The van der Waals surface area contributed by atoms with Gasteiger partial charge in [0.05, 0.1) is 0 Å². The number of carbonyl (C=O) groups is 3. The molecule has 1 fully saturated rings. The molecule has 1 aliphatic rings. The molecule has 0 aromatic carbocycles. The van der Waals surface area contributed by atoms with E-state index >= 15 is 0 Å². The van der Waals surface area contributed by atoms with E-state index in [4.69, 9.17) is 18.9 Å². The van der Waals surface area contributed by atoms with Gasteiger partial charge in [-0.25, -0.2) is 0 Å². The molecule has 0 amide bonds. The molecule has 0 unspecified atom stereocenters. The predicted molar refractivity (Wildman–Crippen MR) is 74.5 cm³/mol. The van der Waals surface area contributed by atoms with Crippen LogP contribution in [0.2, 0.25) is 0 Å². The number of rotatable bonds is 4. The Kier molecular flexibility index (Phi) is 6.60. The zero-order valence-corrected chi connectivity index (χ0v) is 13.9. The molecule has 1 heterocycles. The molecular weight excluding hydrogens is 348 g/mol. The first kappa shape index (κ1) is 17.9. The molecule has 0 aromatic rings. The molecule has 1 aliphatic heterocycles. The second-order valence-corrected chi connectivity index (χ2v) is 5.74. The summed E-state index contributed by atoms with van der Waals surface area (Å²) >= 11 is 3.33. The molecule has 0 radical (unpaired) electrons. The molecular formula is C13H19BrO7. The van der Waals surface area contributed by atoms with E-state index in [2.05, 4.69) is 15.9 Å². The first-order chi connectivity index (χ1) is 9.72. The van der Waals surface area contributed by atoms with Crippen molar-refractivity contribution in [3.8, 4) is 0 Å². The summed E-state index contributed by atoms with van der Waals surface area (Å²) in [5.41, 5.74) is 0. The van der Waals surface area contributed by atoms with Gasteiger partial charge in [-0.05, 0) is 0 Å². The highest BCUT2D eigenvalue weighted by Gasteiger charge is 2.47. The number of halogens is 1. The lowest BCUT2D eigenvalue weighted by Crippen LogP contribution is -2.56. The molecule has 1 rings (SSSR count). The van der Waals surface area contributed by atoms with Gasteiger partial charge >= 0.3 is 17.9 Å². The topological polar surface area (TPSA) is 88.1 Å². The second kappa shape index (κ2) is 7.74. The van der Waals surface area contributed by atoms with Crippen LogP contribution in [-0.4, -0.2) is 47.8 Å². The fourth-order valence-electron chi connectivity index (χ4n) is 2.06. The molecule has 1 saturated heterocycles. The average molecular weight is 367 g/mol. The number of ether oxygens (including phenoxy) is 4. The van der Waals surface area contributed by atoms with E-state index in [1.165, 1.54) is 20.8 Å². The minimum absolute atomic E-state index is 0.0974. The molecule has 120 valence electrons. The Morgan fingerprint density at radius 3 is 2.00 bits per heavy atom. The Labute approximate surface area is 131 Å². The lowest BCUT2D eigenvalue weighted by atomic mass is 9.93. The summed E-state index contributed by atoms with van der Waals surface area (Å²) in [6, 6.07) is 0. The molecule has 0 spiro atoms. The normalized spacial score (nSPS) is 32.1. The maximum absolute atomic E-state index is 11.3. The number of esters is 3. The molecule has 0 N–H and O–H groups in total.